The molecule has 5 nitrogen and oxygen atoms in total. The fourth-order valence-corrected chi connectivity index (χ4v) is 2.68. The highest BCUT2D eigenvalue weighted by Gasteiger charge is 2.22. The molecule has 2 rings (SSSR count). The molecule has 0 aliphatic heterocycles. The molecule has 0 fully saturated rings. The second kappa shape index (κ2) is 11.2. The molecular weight excluding hydrogens is 470 g/mol. The maximum atomic E-state index is 14.1. The predicted molar refractivity (Wildman–Crippen MR) is 125 cm³/mol. The first-order chi connectivity index (χ1) is 12.8. The lowest BCUT2D eigenvalue weighted by Crippen LogP contribution is -2.44. The quantitative estimate of drug-likeness (QED) is 0.310. The summed E-state index contributed by atoms with van der Waals surface area (Å²) in [6, 6.07) is 14.6. The minimum absolute atomic E-state index is 0. The van der Waals surface area contributed by atoms with Gasteiger partial charge in [0.05, 0.1) is 18.8 Å². The smallest absolute Gasteiger partial charge is 0.191 e. The van der Waals surface area contributed by atoms with Crippen LogP contribution in [0.5, 0.6) is 0 Å². The Kier molecular flexibility index (Phi) is 9.68. The average molecular weight is 500 g/mol. The highest BCUT2D eigenvalue weighted by molar-refractivity contribution is 14.0. The molecule has 0 saturated heterocycles. The predicted octanol–water partition coefficient (Wildman–Crippen LogP) is 3.47. The van der Waals surface area contributed by atoms with Gasteiger partial charge in [-0.25, -0.2) is 9.38 Å². The Morgan fingerprint density at radius 3 is 2.39 bits per heavy atom. The fourth-order valence-electron chi connectivity index (χ4n) is 2.68. The number of halogens is 2. The lowest BCUT2D eigenvalue weighted by molar-refractivity contribution is 0.0617. The fraction of sp³-hybridized carbons (Fsp3) is 0.381. The number of benzene rings is 2. The third-order valence-electron chi connectivity index (χ3n) is 4.25. The first kappa shape index (κ1) is 24.2. The summed E-state index contributed by atoms with van der Waals surface area (Å²) >= 11 is 0. The minimum atomic E-state index is -1.03. The van der Waals surface area contributed by atoms with E-state index < -0.39 is 5.60 Å². The van der Waals surface area contributed by atoms with Crippen molar-refractivity contribution in [2.75, 3.05) is 32.1 Å². The van der Waals surface area contributed by atoms with Crippen LogP contribution in [0.25, 0.3) is 0 Å². The third-order valence-corrected chi connectivity index (χ3v) is 4.25. The minimum Gasteiger partial charge on any atom is -0.384 e. The Labute approximate surface area is 184 Å². The van der Waals surface area contributed by atoms with Crippen LogP contribution in [-0.4, -0.2) is 38.3 Å². The number of guanidine groups is 1. The van der Waals surface area contributed by atoms with E-state index in [2.05, 4.69) is 15.6 Å². The van der Waals surface area contributed by atoms with Crippen LogP contribution >= 0.6 is 24.0 Å². The Hall–Kier alpha value is -1.87. The molecule has 0 aliphatic rings. The summed E-state index contributed by atoms with van der Waals surface area (Å²) in [7, 11) is 3.62. The number of nitrogens with zero attached hydrogens (tertiary/aromatic N) is 2. The normalized spacial score (nSPS) is 13.3. The zero-order valence-corrected chi connectivity index (χ0v) is 19.2. The standard InChI is InChI=1S/C21H29FN4O.HI/c1-5-23-20(25-15-21(2,27)17-9-7-6-8-10-17)24-14-16-11-12-19(26(3)4)18(22)13-16;/h6-13,27H,5,14-15H2,1-4H3,(H2,23,24,25);1H. The first-order valence-corrected chi connectivity index (χ1v) is 9.09. The molecule has 0 aromatic heterocycles. The largest absolute Gasteiger partial charge is 0.384 e. The molecule has 2 aromatic carbocycles. The SMILES string of the molecule is CCNC(=NCc1ccc(N(C)C)c(F)c1)NCC(C)(O)c1ccccc1.I. The number of aliphatic imine (C=N–C) groups is 1. The topological polar surface area (TPSA) is 59.9 Å². The van der Waals surface area contributed by atoms with Gasteiger partial charge in [-0.15, -0.1) is 24.0 Å². The molecule has 0 saturated carbocycles. The van der Waals surface area contributed by atoms with Crippen molar-refractivity contribution in [3.8, 4) is 0 Å². The van der Waals surface area contributed by atoms with Gasteiger partial charge in [0.25, 0.3) is 0 Å². The van der Waals surface area contributed by atoms with Crippen LogP contribution in [0.1, 0.15) is 25.0 Å². The zero-order valence-electron chi connectivity index (χ0n) is 16.9. The van der Waals surface area contributed by atoms with Gasteiger partial charge < -0.3 is 20.6 Å². The van der Waals surface area contributed by atoms with Crippen molar-refractivity contribution < 1.29 is 9.50 Å². The number of hydrogen-bond acceptors (Lipinski definition) is 3. The van der Waals surface area contributed by atoms with E-state index in [4.69, 9.17) is 0 Å². The number of aliphatic hydroxyl groups is 1. The number of anilines is 1. The summed E-state index contributed by atoms with van der Waals surface area (Å²) in [5.74, 6) is 0.309. The van der Waals surface area contributed by atoms with Gasteiger partial charge in [0.15, 0.2) is 5.96 Å². The summed E-state index contributed by atoms with van der Waals surface area (Å²) < 4.78 is 14.1. The Morgan fingerprint density at radius 1 is 1.14 bits per heavy atom. The van der Waals surface area contributed by atoms with E-state index in [1.165, 1.54) is 6.07 Å². The summed E-state index contributed by atoms with van der Waals surface area (Å²) in [5, 5.41) is 17.0. The van der Waals surface area contributed by atoms with E-state index in [-0.39, 0.29) is 29.8 Å². The van der Waals surface area contributed by atoms with Crippen LogP contribution in [0.15, 0.2) is 53.5 Å². The molecule has 0 aliphatic carbocycles. The van der Waals surface area contributed by atoms with E-state index in [0.29, 0.717) is 31.3 Å². The highest BCUT2D eigenvalue weighted by atomic mass is 127. The van der Waals surface area contributed by atoms with Crippen molar-refractivity contribution in [2.24, 2.45) is 4.99 Å². The monoisotopic (exact) mass is 500 g/mol. The molecule has 154 valence electrons. The zero-order chi connectivity index (χ0) is 19.9. The Morgan fingerprint density at radius 2 is 1.82 bits per heavy atom. The van der Waals surface area contributed by atoms with Crippen molar-refractivity contribution in [2.45, 2.75) is 26.0 Å². The van der Waals surface area contributed by atoms with Gasteiger partial charge in [-0.2, -0.15) is 0 Å². The lowest BCUT2D eigenvalue weighted by atomic mass is 9.96. The first-order valence-electron chi connectivity index (χ1n) is 9.09. The summed E-state index contributed by atoms with van der Waals surface area (Å²) in [6.45, 7) is 5.06. The van der Waals surface area contributed by atoms with Crippen molar-refractivity contribution in [1.29, 1.82) is 0 Å². The van der Waals surface area contributed by atoms with Crippen molar-refractivity contribution in [1.82, 2.24) is 10.6 Å². The van der Waals surface area contributed by atoms with E-state index in [1.807, 2.05) is 57.4 Å². The summed E-state index contributed by atoms with van der Waals surface area (Å²) in [4.78, 5) is 6.23. The van der Waals surface area contributed by atoms with E-state index in [9.17, 15) is 9.50 Å². The van der Waals surface area contributed by atoms with E-state index in [0.717, 1.165) is 11.1 Å². The second-order valence-electron chi connectivity index (χ2n) is 6.87. The number of rotatable bonds is 7. The molecule has 0 amide bonds. The number of nitrogens with one attached hydrogen (secondary N) is 2. The third kappa shape index (κ3) is 6.94. The lowest BCUT2D eigenvalue weighted by Gasteiger charge is -2.25. The van der Waals surface area contributed by atoms with Gasteiger partial charge in [0.1, 0.15) is 11.4 Å². The molecule has 0 radical (unpaired) electrons. The van der Waals surface area contributed by atoms with Crippen LogP contribution in [-0.2, 0) is 12.1 Å². The molecule has 0 spiro atoms. The molecule has 0 bridgehead atoms. The van der Waals surface area contributed by atoms with Crippen LogP contribution in [0.3, 0.4) is 0 Å². The van der Waals surface area contributed by atoms with Crippen molar-refractivity contribution in [3.63, 3.8) is 0 Å². The maximum absolute atomic E-state index is 14.1. The van der Waals surface area contributed by atoms with Gasteiger partial charge in [0.2, 0.25) is 0 Å². The second-order valence-corrected chi connectivity index (χ2v) is 6.87. The van der Waals surface area contributed by atoms with Crippen molar-refractivity contribution >= 4 is 35.6 Å². The van der Waals surface area contributed by atoms with E-state index in [1.54, 1.807) is 17.9 Å². The number of hydrogen-bond donors (Lipinski definition) is 3. The average Bonchev–Trinajstić information content (AvgIpc) is 2.64. The van der Waals surface area contributed by atoms with Crippen LogP contribution in [0, 0.1) is 5.82 Å². The molecule has 0 heterocycles. The van der Waals surface area contributed by atoms with Gasteiger partial charge in [-0.05, 0) is 37.1 Å². The maximum Gasteiger partial charge on any atom is 0.191 e. The van der Waals surface area contributed by atoms with Crippen LogP contribution in [0.2, 0.25) is 0 Å². The van der Waals surface area contributed by atoms with Gasteiger partial charge in [-0.1, -0.05) is 36.4 Å². The molecule has 3 N–H and O–H groups in total. The van der Waals surface area contributed by atoms with Crippen molar-refractivity contribution in [3.05, 3.63) is 65.5 Å². The van der Waals surface area contributed by atoms with E-state index >= 15 is 0 Å². The van der Waals surface area contributed by atoms with Crippen LogP contribution < -0.4 is 15.5 Å². The molecule has 7 heteroatoms. The molecule has 1 unspecified atom stereocenters. The Bertz CT molecular complexity index is 766. The van der Waals surface area contributed by atoms with Crippen LogP contribution in [0.4, 0.5) is 10.1 Å². The molecular formula is C21H30FIN4O. The molecule has 1 atom stereocenters. The van der Waals surface area contributed by atoms with Gasteiger partial charge in [-0.3, -0.25) is 0 Å². The highest BCUT2D eigenvalue weighted by Crippen LogP contribution is 2.20. The molecule has 2 aromatic rings. The summed E-state index contributed by atoms with van der Waals surface area (Å²) in [6.07, 6.45) is 0. The molecule has 28 heavy (non-hydrogen) atoms. The summed E-state index contributed by atoms with van der Waals surface area (Å²) in [5.41, 5.74) is 1.13. The van der Waals surface area contributed by atoms with Gasteiger partial charge >= 0.3 is 0 Å². The Balaban J connectivity index is 0.00000392. The van der Waals surface area contributed by atoms with Gasteiger partial charge in [0, 0.05) is 20.6 Å².